The molecule has 0 bridgehead atoms. The molecule has 0 saturated carbocycles. The van der Waals surface area contributed by atoms with E-state index in [0.717, 1.165) is 17.4 Å². The van der Waals surface area contributed by atoms with Crippen molar-refractivity contribution in [1.82, 2.24) is 9.97 Å². The van der Waals surface area contributed by atoms with Gasteiger partial charge in [0.05, 0.1) is 13.3 Å². The minimum atomic E-state index is 0.542. The largest absolute Gasteiger partial charge is 0.495 e. The summed E-state index contributed by atoms with van der Waals surface area (Å²) in [6.07, 6.45) is 7.30. The highest BCUT2D eigenvalue weighted by atomic mass is 16.5. The Balaban J connectivity index is 2.45. The Morgan fingerprint density at radius 3 is 2.44 bits per heavy atom. The molecule has 2 heterocycles. The molecular weight excluding hydrogens is 204 g/mol. The lowest BCUT2D eigenvalue weighted by molar-refractivity contribution is 0.112. The smallest absolute Gasteiger partial charge is 0.151 e. The van der Waals surface area contributed by atoms with Crippen LogP contribution in [0.3, 0.4) is 0 Å². The van der Waals surface area contributed by atoms with Crippen LogP contribution in [0.25, 0.3) is 11.1 Å². The fourth-order valence-corrected chi connectivity index (χ4v) is 1.37. The van der Waals surface area contributed by atoms with Crippen molar-refractivity contribution in [2.45, 2.75) is 0 Å². The maximum Gasteiger partial charge on any atom is 0.151 e. The summed E-state index contributed by atoms with van der Waals surface area (Å²) in [7, 11) is 1.58. The molecule has 0 aromatic carbocycles. The molecule has 0 saturated heterocycles. The van der Waals surface area contributed by atoms with Gasteiger partial charge in [-0.1, -0.05) is 0 Å². The second kappa shape index (κ2) is 4.53. The molecule has 2 aromatic rings. The zero-order chi connectivity index (χ0) is 11.4. The lowest BCUT2D eigenvalue weighted by Crippen LogP contribution is -1.88. The van der Waals surface area contributed by atoms with E-state index >= 15 is 0 Å². The van der Waals surface area contributed by atoms with Gasteiger partial charge in [-0.2, -0.15) is 0 Å². The van der Waals surface area contributed by atoms with Gasteiger partial charge in [0.25, 0.3) is 0 Å². The first-order valence-corrected chi connectivity index (χ1v) is 4.73. The van der Waals surface area contributed by atoms with Gasteiger partial charge in [0.15, 0.2) is 6.29 Å². The zero-order valence-corrected chi connectivity index (χ0v) is 8.75. The van der Waals surface area contributed by atoms with Crippen LogP contribution in [0.5, 0.6) is 5.75 Å². The summed E-state index contributed by atoms with van der Waals surface area (Å²) >= 11 is 0. The molecule has 0 spiro atoms. The molecule has 0 atom stereocenters. The molecule has 0 radical (unpaired) electrons. The van der Waals surface area contributed by atoms with Crippen molar-refractivity contribution in [2.24, 2.45) is 0 Å². The van der Waals surface area contributed by atoms with Crippen LogP contribution < -0.4 is 4.74 Å². The van der Waals surface area contributed by atoms with E-state index in [-0.39, 0.29) is 0 Å². The number of carbonyl (C=O) groups is 1. The van der Waals surface area contributed by atoms with Gasteiger partial charge in [-0.05, 0) is 12.1 Å². The van der Waals surface area contributed by atoms with Crippen LogP contribution in [-0.2, 0) is 0 Å². The molecule has 0 fully saturated rings. The SMILES string of the molecule is COc1cncc(-c2cncc(C=O)c2)c1. The van der Waals surface area contributed by atoms with E-state index in [1.54, 1.807) is 31.8 Å². The van der Waals surface area contributed by atoms with Crippen LogP contribution in [-0.4, -0.2) is 23.4 Å². The monoisotopic (exact) mass is 214 g/mol. The molecule has 2 rings (SSSR count). The van der Waals surface area contributed by atoms with Crippen LogP contribution in [0, 0.1) is 0 Å². The number of aromatic nitrogens is 2. The van der Waals surface area contributed by atoms with Gasteiger partial charge in [0, 0.05) is 35.3 Å². The van der Waals surface area contributed by atoms with Gasteiger partial charge in [-0.15, -0.1) is 0 Å². The zero-order valence-electron chi connectivity index (χ0n) is 8.75. The summed E-state index contributed by atoms with van der Waals surface area (Å²) in [6.45, 7) is 0. The lowest BCUT2D eigenvalue weighted by atomic mass is 10.1. The molecule has 16 heavy (non-hydrogen) atoms. The van der Waals surface area contributed by atoms with Crippen LogP contribution in [0.15, 0.2) is 36.9 Å². The summed E-state index contributed by atoms with van der Waals surface area (Å²) in [5.74, 6) is 0.675. The van der Waals surface area contributed by atoms with Crippen molar-refractivity contribution in [3.8, 4) is 16.9 Å². The Labute approximate surface area is 92.9 Å². The molecule has 4 heteroatoms. The minimum absolute atomic E-state index is 0.542. The highest BCUT2D eigenvalue weighted by Gasteiger charge is 2.01. The van der Waals surface area contributed by atoms with E-state index in [0.29, 0.717) is 11.3 Å². The summed E-state index contributed by atoms with van der Waals surface area (Å²) in [5.41, 5.74) is 2.26. The fraction of sp³-hybridized carbons (Fsp3) is 0.0833. The van der Waals surface area contributed by atoms with Gasteiger partial charge in [0.1, 0.15) is 5.75 Å². The first-order chi connectivity index (χ1) is 7.83. The highest BCUT2D eigenvalue weighted by Crippen LogP contribution is 2.21. The van der Waals surface area contributed by atoms with E-state index in [1.807, 2.05) is 6.07 Å². The first kappa shape index (κ1) is 10.3. The fourth-order valence-electron chi connectivity index (χ4n) is 1.37. The molecular formula is C12H10N2O2. The van der Waals surface area contributed by atoms with Crippen molar-refractivity contribution < 1.29 is 9.53 Å². The standard InChI is InChI=1S/C12H10N2O2/c1-16-12-3-11(6-14-7-12)10-2-9(8-15)4-13-5-10/h2-8H,1H3. The topological polar surface area (TPSA) is 52.1 Å². The molecule has 80 valence electrons. The molecule has 0 aliphatic heterocycles. The number of rotatable bonds is 3. The summed E-state index contributed by atoms with van der Waals surface area (Å²) in [4.78, 5) is 18.7. The Hall–Kier alpha value is -2.23. The van der Waals surface area contributed by atoms with E-state index in [2.05, 4.69) is 9.97 Å². The van der Waals surface area contributed by atoms with Crippen molar-refractivity contribution in [3.05, 3.63) is 42.5 Å². The molecule has 0 unspecified atom stereocenters. The molecule has 0 N–H and O–H groups in total. The number of hydrogen-bond acceptors (Lipinski definition) is 4. The number of ether oxygens (including phenoxy) is 1. The van der Waals surface area contributed by atoms with E-state index < -0.39 is 0 Å². The van der Waals surface area contributed by atoms with Crippen LogP contribution in [0.2, 0.25) is 0 Å². The van der Waals surface area contributed by atoms with Gasteiger partial charge >= 0.3 is 0 Å². The van der Waals surface area contributed by atoms with Crippen LogP contribution in [0.1, 0.15) is 10.4 Å². The lowest BCUT2D eigenvalue weighted by Gasteiger charge is -2.03. The normalized spacial score (nSPS) is 9.81. The van der Waals surface area contributed by atoms with E-state index in [9.17, 15) is 4.79 Å². The Morgan fingerprint density at radius 1 is 1.06 bits per heavy atom. The van der Waals surface area contributed by atoms with E-state index in [1.165, 1.54) is 6.20 Å². The summed E-state index contributed by atoms with van der Waals surface area (Å²) in [5, 5.41) is 0. The number of aldehydes is 1. The van der Waals surface area contributed by atoms with Crippen molar-refractivity contribution >= 4 is 6.29 Å². The third kappa shape index (κ3) is 2.06. The Bertz CT molecular complexity index is 512. The van der Waals surface area contributed by atoms with Gasteiger partial charge in [-0.25, -0.2) is 0 Å². The Morgan fingerprint density at radius 2 is 1.75 bits per heavy atom. The highest BCUT2D eigenvalue weighted by molar-refractivity contribution is 5.77. The third-order valence-electron chi connectivity index (χ3n) is 2.18. The second-order valence-corrected chi connectivity index (χ2v) is 3.24. The van der Waals surface area contributed by atoms with Crippen molar-refractivity contribution in [3.63, 3.8) is 0 Å². The molecule has 0 aliphatic carbocycles. The number of nitrogens with zero attached hydrogens (tertiary/aromatic N) is 2. The maximum atomic E-state index is 10.6. The van der Waals surface area contributed by atoms with Gasteiger partial charge in [0.2, 0.25) is 0 Å². The predicted octanol–water partition coefficient (Wildman–Crippen LogP) is 1.96. The van der Waals surface area contributed by atoms with Gasteiger partial charge in [-0.3, -0.25) is 14.8 Å². The Kier molecular flexibility index (Phi) is 2.91. The van der Waals surface area contributed by atoms with Crippen molar-refractivity contribution in [2.75, 3.05) is 7.11 Å². The second-order valence-electron chi connectivity index (χ2n) is 3.24. The molecule has 0 amide bonds. The third-order valence-corrected chi connectivity index (χ3v) is 2.18. The molecule has 0 aliphatic rings. The first-order valence-electron chi connectivity index (χ1n) is 4.73. The number of methoxy groups -OCH3 is 1. The quantitative estimate of drug-likeness (QED) is 0.733. The predicted molar refractivity (Wildman–Crippen MR) is 59.4 cm³/mol. The summed E-state index contributed by atoms with van der Waals surface area (Å²) in [6, 6.07) is 3.61. The van der Waals surface area contributed by atoms with Gasteiger partial charge < -0.3 is 4.74 Å². The summed E-state index contributed by atoms with van der Waals surface area (Å²) < 4.78 is 5.08. The van der Waals surface area contributed by atoms with E-state index in [4.69, 9.17) is 4.74 Å². The average Bonchev–Trinajstić information content (AvgIpc) is 2.39. The number of hydrogen-bond donors (Lipinski definition) is 0. The van der Waals surface area contributed by atoms with Crippen molar-refractivity contribution in [1.29, 1.82) is 0 Å². The molecule has 4 nitrogen and oxygen atoms in total. The maximum absolute atomic E-state index is 10.6. The van der Waals surface area contributed by atoms with Crippen LogP contribution >= 0.6 is 0 Å². The number of carbonyl (C=O) groups excluding carboxylic acids is 1. The number of pyridine rings is 2. The minimum Gasteiger partial charge on any atom is -0.495 e. The molecule has 2 aromatic heterocycles. The average molecular weight is 214 g/mol. The van der Waals surface area contributed by atoms with Crippen LogP contribution in [0.4, 0.5) is 0 Å².